The first-order valence-electron chi connectivity index (χ1n) is 16.4. The topological polar surface area (TPSA) is 16.4 Å². The summed E-state index contributed by atoms with van der Waals surface area (Å²) in [5.74, 6) is 0. The van der Waals surface area contributed by atoms with E-state index in [9.17, 15) is 0 Å². The van der Waals surface area contributed by atoms with Crippen molar-refractivity contribution in [3.05, 3.63) is 188 Å². The Labute approximate surface area is 279 Å². The van der Waals surface area contributed by atoms with Gasteiger partial charge in [0.05, 0.1) is 11.4 Å². The van der Waals surface area contributed by atoms with Gasteiger partial charge in [-0.05, 0) is 64.0 Å². The quantitative estimate of drug-likeness (QED) is 0.185. The van der Waals surface area contributed by atoms with E-state index in [4.69, 9.17) is 4.42 Å². The van der Waals surface area contributed by atoms with Gasteiger partial charge in [-0.1, -0.05) is 152 Å². The molecule has 0 atom stereocenters. The van der Waals surface area contributed by atoms with Crippen LogP contribution in [0.3, 0.4) is 0 Å². The molecule has 9 rings (SSSR count). The largest absolute Gasteiger partial charge is 0.455 e. The Morgan fingerprint density at radius 2 is 0.896 bits per heavy atom. The van der Waals surface area contributed by atoms with Crippen molar-refractivity contribution < 1.29 is 4.42 Å². The Kier molecular flexibility index (Phi) is 6.84. The molecule has 8 aromatic carbocycles. The highest BCUT2D eigenvalue weighted by Crippen LogP contribution is 2.45. The summed E-state index contributed by atoms with van der Waals surface area (Å²) in [5.41, 5.74) is 12.2. The standard InChI is InChI=1S/C46H31NO/c1-3-14-32(15-4-1)37-19-9-11-23-42(37)47(43-24-12-10-20-38(43)33-16-5-2-6-17-33)36-29-26-35(27-30-36)39-22-13-25-44-45(39)41-31-28-34-18-7-8-21-40(34)46(41)48-44/h1-31H. The van der Waals surface area contributed by atoms with Crippen molar-refractivity contribution in [1.82, 2.24) is 0 Å². The van der Waals surface area contributed by atoms with Crippen molar-refractivity contribution in [2.75, 3.05) is 4.90 Å². The van der Waals surface area contributed by atoms with Crippen LogP contribution in [0.15, 0.2) is 192 Å². The Morgan fingerprint density at radius 1 is 0.354 bits per heavy atom. The molecule has 0 spiro atoms. The summed E-state index contributed by atoms with van der Waals surface area (Å²) >= 11 is 0. The maximum absolute atomic E-state index is 6.51. The lowest BCUT2D eigenvalue weighted by Crippen LogP contribution is -2.12. The molecule has 0 aliphatic carbocycles. The molecule has 2 nitrogen and oxygen atoms in total. The third-order valence-corrected chi connectivity index (χ3v) is 9.28. The van der Waals surface area contributed by atoms with Crippen molar-refractivity contribution in [1.29, 1.82) is 0 Å². The third kappa shape index (κ3) is 4.74. The fourth-order valence-corrected chi connectivity index (χ4v) is 7.05. The van der Waals surface area contributed by atoms with Gasteiger partial charge < -0.3 is 9.32 Å². The molecule has 0 unspecified atom stereocenters. The zero-order valence-corrected chi connectivity index (χ0v) is 26.3. The number of nitrogens with zero attached hydrogens (tertiary/aromatic N) is 1. The Hall–Kier alpha value is -6.38. The van der Waals surface area contributed by atoms with Gasteiger partial charge in [-0.2, -0.15) is 0 Å². The van der Waals surface area contributed by atoms with Gasteiger partial charge >= 0.3 is 0 Å². The van der Waals surface area contributed by atoms with Crippen molar-refractivity contribution >= 4 is 49.8 Å². The van der Waals surface area contributed by atoms with E-state index in [0.29, 0.717) is 0 Å². The highest BCUT2D eigenvalue weighted by atomic mass is 16.3. The van der Waals surface area contributed by atoms with Crippen LogP contribution < -0.4 is 4.90 Å². The first kappa shape index (κ1) is 27.9. The number of hydrogen-bond acceptors (Lipinski definition) is 2. The van der Waals surface area contributed by atoms with Gasteiger partial charge in [0.15, 0.2) is 0 Å². The van der Waals surface area contributed by atoms with Crippen molar-refractivity contribution in [3.63, 3.8) is 0 Å². The fraction of sp³-hybridized carbons (Fsp3) is 0. The normalized spacial score (nSPS) is 11.3. The van der Waals surface area contributed by atoms with Crippen molar-refractivity contribution in [2.24, 2.45) is 0 Å². The number of rotatable bonds is 6. The molecule has 0 radical (unpaired) electrons. The molecule has 9 aromatic rings. The number of hydrogen-bond donors (Lipinski definition) is 0. The smallest absolute Gasteiger partial charge is 0.143 e. The number of benzene rings is 8. The maximum atomic E-state index is 6.51. The number of para-hydroxylation sites is 2. The highest BCUT2D eigenvalue weighted by Gasteiger charge is 2.21. The Bertz CT molecular complexity index is 2460. The SMILES string of the molecule is c1ccc(-c2ccccc2N(c2ccc(-c3cccc4oc5c6ccccc6ccc5c34)cc2)c2ccccc2-c2ccccc2)cc1. The van der Waals surface area contributed by atoms with Crippen LogP contribution >= 0.6 is 0 Å². The summed E-state index contributed by atoms with van der Waals surface area (Å²) in [6.45, 7) is 0. The predicted octanol–water partition coefficient (Wildman–Crippen LogP) is 13.2. The average molecular weight is 614 g/mol. The first-order valence-corrected chi connectivity index (χ1v) is 16.4. The maximum Gasteiger partial charge on any atom is 0.143 e. The van der Waals surface area contributed by atoms with Crippen LogP contribution in [0.1, 0.15) is 0 Å². The van der Waals surface area contributed by atoms with E-state index in [-0.39, 0.29) is 0 Å². The van der Waals surface area contributed by atoms with Crippen molar-refractivity contribution in [2.45, 2.75) is 0 Å². The summed E-state index contributed by atoms with van der Waals surface area (Å²) < 4.78 is 6.51. The summed E-state index contributed by atoms with van der Waals surface area (Å²) in [5, 5.41) is 4.60. The highest BCUT2D eigenvalue weighted by molar-refractivity contribution is 6.19. The minimum Gasteiger partial charge on any atom is -0.455 e. The first-order chi connectivity index (χ1) is 23.8. The van der Waals surface area contributed by atoms with E-state index in [0.717, 1.165) is 55.5 Å². The summed E-state index contributed by atoms with van der Waals surface area (Å²) in [6, 6.07) is 66.8. The lowest BCUT2D eigenvalue weighted by molar-refractivity contribution is 0.673. The minimum atomic E-state index is 0.901. The van der Waals surface area contributed by atoms with Crippen LogP contribution in [0.25, 0.3) is 66.1 Å². The van der Waals surface area contributed by atoms with Gasteiger partial charge in [-0.3, -0.25) is 0 Å². The van der Waals surface area contributed by atoms with Crippen LogP contribution in [0.5, 0.6) is 0 Å². The fourth-order valence-electron chi connectivity index (χ4n) is 7.05. The van der Waals surface area contributed by atoms with E-state index < -0.39 is 0 Å². The zero-order valence-electron chi connectivity index (χ0n) is 26.3. The lowest BCUT2D eigenvalue weighted by Gasteiger charge is -2.30. The van der Waals surface area contributed by atoms with E-state index in [1.165, 1.54) is 27.6 Å². The second kappa shape index (κ2) is 11.8. The number of anilines is 3. The van der Waals surface area contributed by atoms with Crippen molar-refractivity contribution in [3.8, 4) is 33.4 Å². The third-order valence-electron chi connectivity index (χ3n) is 9.28. The van der Waals surface area contributed by atoms with Gasteiger partial charge in [-0.25, -0.2) is 0 Å². The zero-order chi connectivity index (χ0) is 31.9. The van der Waals surface area contributed by atoms with Crippen LogP contribution in [-0.4, -0.2) is 0 Å². The molecule has 0 fully saturated rings. The summed E-state index contributed by atoms with van der Waals surface area (Å²) in [7, 11) is 0. The van der Waals surface area contributed by atoms with Gasteiger partial charge in [0.1, 0.15) is 11.2 Å². The molecule has 0 saturated heterocycles. The van der Waals surface area contributed by atoms with Gasteiger partial charge in [-0.15, -0.1) is 0 Å². The second-order valence-corrected chi connectivity index (χ2v) is 12.1. The van der Waals surface area contributed by atoms with E-state index >= 15 is 0 Å². The van der Waals surface area contributed by atoms with E-state index in [1.54, 1.807) is 0 Å². The molecule has 226 valence electrons. The van der Waals surface area contributed by atoms with E-state index in [1.807, 2.05) is 0 Å². The molecule has 0 saturated carbocycles. The molecule has 0 N–H and O–H groups in total. The molecule has 48 heavy (non-hydrogen) atoms. The minimum absolute atomic E-state index is 0.901. The predicted molar refractivity (Wildman–Crippen MR) is 202 cm³/mol. The molecule has 0 amide bonds. The number of furan rings is 1. The molecule has 1 heterocycles. The molecule has 0 aliphatic heterocycles. The van der Waals surface area contributed by atoms with Gasteiger partial charge in [0.25, 0.3) is 0 Å². The molecule has 1 aromatic heterocycles. The molecule has 0 aliphatic rings. The number of fused-ring (bicyclic) bond motifs is 5. The van der Waals surface area contributed by atoms with Crippen LogP contribution in [-0.2, 0) is 0 Å². The van der Waals surface area contributed by atoms with Crippen LogP contribution in [0.2, 0.25) is 0 Å². The van der Waals surface area contributed by atoms with Crippen LogP contribution in [0, 0.1) is 0 Å². The monoisotopic (exact) mass is 613 g/mol. The Balaban J connectivity index is 1.23. The molecule has 0 bridgehead atoms. The second-order valence-electron chi connectivity index (χ2n) is 12.1. The Morgan fingerprint density at radius 3 is 1.56 bits per heavy atom. The summed E-state index contributed by atoms with van der Waals surface area (Å²) in [4.78, 5) is 2.40. The lowest BCUT2D eigenvalue weighted by atomic mass is 9.97. The molecular weight excluding hydrogens is 583 g/mol. The summed E-state index contributed by atoms with van der Waals surface area (Å²) in [6.07, 6.45) is 0. The van der Waals surface area contributed by atoms with Gasteiger partial charge in [0.2, 0.25) is 0 Å². The molecular formula is C46H31NO. The van der Waals surface area contributed by atoms with Crippen LogP contribution in [0.4, 0.5) is 17.1 Å². The molecule has 2 heteroatoms. The van der Waals surface area contributed by atoms with E-state index in [2.05, 4.69) is 193 Å². The van der Waals surface area contributed by atoms with Gasteiger partial charge in [0, 0.05) is 33.0 Å². The average Bonchev–Trinajstić information content (AvgIpc) is 3.56.